The minimum absolute atomic E-state index is 0.0310. The van der Waals surface area contributed by atoms with Gasteiger partial charge in [-0.1, -0.05) is 38.0 Å². The van der Waals surface area contributed by atoms with Gasteiger partial charge in [0, 0.05) is 5.56 Å². The molecule has 1 aliphatic carbocycles. The fraction of sp³-hybridized carbons (Fsp3) is 0.450. The third-order valence-corrected chi connectivity index (χ3v) is 5.63. The summed E-state index contributed by atoms with van der Waals surface area (Å²) in [5, 5.41) is 10.6. The SMILES string of the molecule is C[C@@H]1CCCC[C@]12NC(=O)N(CC(=O)OCc1nnc(-c3ccccc3)o1)C2=O. The van der Waals surface area contributed by atoms with Crippen molar-refractivity contribution in [2.24, 2.45) is 5.92 Å². The molecule has 1 aliphatic heterocycles. The average molecular weight is 398 g/mol. The first-order valence-corrected chi connectivity index (χ1v) is 9.67. The highest BCUT2D eigenvalue weighted by atomic mass is 16.5. The van der Waals surface area contributed by atoms with Crippen molar-refractivity contribution in [3.05, 3.63) is 36.2 Å². The lowest BCUT2D eigenvalue weighted by atomic mass is 9.73. The molecule has 1 aromatic carbocycles. The average Bonchev–Trinajstić information content (AvgIpc) is 3.29. The van der Waals surface area contributed by atoms with Crippen LogP contribution in [0.5, 0.6) is 0 Å². The Bertz CT molecular complexity index is 928. The number of imide groups is 1. The summed E-state index contributed by atoms with van der Waals surface area (Å²) in [5.41, 5.74) is -0.143. The molecule has 2 fully saturated rings. The van der Waals surface area contributed by atoms with Crippen LogP contribution in [-0.4, -0.2) is 45.1 Å². The molecule has 2 heterocycles. The van der Waals surface area contributed by atoms with Gasteiger partial charge in [-0.15, -0.1) is 10.2 Å². The van der Waals surface area contributed by atoms with Crippen LogP contribution in [0.15, 0.2) is 34.7 Å². The van der Waals surface area contributed by atoms with E-state index in [0.29, 0.717) is 12.3 Å². The molecule has 1 aromatic heterocycles. The van der Waals surface area contributed by atoms with E-state index < -0.39 is 24.1 Å². The zero-order valence-electron chi connectivity index (χ0n) is 16.1. The van der Waals surface area contributed by atoms with Gasteiger partial charge in [0.2, 0.25) is 5.89 Å². The molecule has 3 amide bonds. The minimum Gasteiger partial charge on any atom is -0.454 e. The summed E-state index contributed by atoms with van der Waals surface area (Å²) in [6.07, 6.45) is 3.36. The Labute approximate surface area is 167 Å². The van der Waals surface area contributed by atoms with Crippen molar-refractivity contribution in [2.45, 2.75) is 44.8 Å². The van der Waals surface area contributed by atoms with Crippen LogP contribution in [0.1, 0.15) is 38.5 Å². The summed E-state index contributed by atoms with van der Waals surface area (Å²) in [4.78, 5) is 38.3. The molecule has 1 spiro atoms. The molecular weight excluding hydrogens is 376 g/mol. The minimum atomic E-state index is -0.896. The molecule has 4 rings (SSSR count). The topological polar surface area (TPSA) is 115 Å². The number of nitrogens with zero attached hydrogens (tertiary/aromatic N) is 3. The number of aromatic nitrogens is 2. The van der Waals surface area contributed by atoms with Gasteiger partial charge in [0.25, 0.3) is 11.8 Å². The Balaban J connectivity index is 1.35. The van der Waals surface area contributed by atoms with E-state index in [-0.39, 0.29) is 24.3 Å². The van der Waals surface area contributed by atoms with Crippen LogP contribution in [0.4, 0.5) is 4.79 Å². The number of amides is 3. The quantitative estimate of drug-likeness (QED) is 0.607. The monoisotopic (exact) mass is 398 g/mol. The van der Waals surface area contributed by atoms with Gasteiger partial charge in [-0.25, -0.2) is 4.79 Å². The van der Waals surface area contributed by atoms with Crippen LogP contribution < -0.4 is 5.32 Å². The van der Waals surface area contributed by atoms with Gasteiger partial charge in [0.15, 0.2) is 6.61 Å². The lowest BCUT2D eigenvalue weighted by Gasteiger charge is -2.36. The van der Waals surface area contributed by atoms with E-state index in [0.717, 1.165) is 29.7 Å². The number of ether oxygens (including phenoxy) is 1. The van der Waals surface area contributed by atoms with Crippen LogP contribution in [0.3, 0.4) is 0 Å². The van der Waals surface area contributed by atoms with Crippen LogP contribution in [0.2, 0.25) is 0 Å². The molecule has 152 valence electrons. The molecule has 0 bridgehead atoms. The summed E-state index contributed by atoms with van der Waals surface area (Å²) in [5.74, 6) is -0.585. The van der Waals surface area contributed by atoms with Gasteiger partial charge in [-0.2, -0.15) is 0 Å². The molecule has 1 saturated heterocycles. The summed E-state index contributed by atoms with van der Waals surface area (Å²) in [7, 11) is 0. The van der Waals surface area contributed by atoms with Crippen molar-refractivity contribution in [3.8, 4) is 11.5 Å². The van der Waals surface area contributed by atoms with E-state index in [4.69, 9.17) is 9.15 Å². The standard InChI is InChI=1S/C20H22N4O5/c1-13-7-5-6-10-20(13)18(26)24(19(27)21-20)11-16(25)28-12-15-22-23-17(29-15)14-8-3-2-4-9-14/h2-4,8-9,13H,5-7,10-12H2,1H3,(H,21,27)/t13-,20+/m1/s1. The van der Waals surface area contributed by atoms with Crippen molar-refractivity contribution in [3.63, 3.8) is 0 Å². The summed E-state index contributed by atoms with van der Waals surface area (Å²) >= 11 is 0. The van der Waals surface area contributed by atoms with E-state index in [2.05, 4.69) is 15.5 Å². The zero-order valence-corrected chi connectivity index (χ0v) is 16.1. The van der Waals surface area contributed by atoms with Crippen LogP contribution >= 0.6 is 0 Å². The van der Waals surface area contributed by atoms with Gasteiger partial charge >= 0.3 is 12.0 Å². The predicted octanol–water partition coefficient (Wildman–Crippen LogP) is 2.28. The first kappa shape index (κ1) is 19.1. The van der Waals surface area contributed by atoms with E-state index in [1.165, 1.54) is 0 Å². The predicted molar refractivity (Wildman–Crippen MR) is 100 cm³/mol. The number of hydrogen-bond acceptors (Lipinski definition) is 7. The number of nitrogens with one attached hydrogen (secondary N) is 1. The number of benzene rings is 1. The molecule has 1 saturated carbocycles. The first-order chi connectivity index (χ1) is 14.0. The first-order valence-electron chi connectivity index (χ1n) is 9.67. The van der Waals surface area contributed by atoms with Crippen molar-refractivity contribution in [2.75, 3.05) is 6.54 Å². The second-order valence-electron chi connectivity index (χ2n) is 7.47. The zero-order chi connectivity index (χ0) is 20.4. The van der Waals surface area contributed by atoms with E-state index in [1.807, 2.05) is 37.3 Å². The Morgan fingerprint density at radius 1 is 1.28 bits per heavy atom. The largest absolute Gasteiger partial charge is 0.454 e. The summed E-state index contributed by atoms with van der Waals surface area (Å²) in [6.45, 7) is 1.28. The van der Waals surface area contributed by atoms with Gasteiger partial charge < -0.3 is 14.5 Å². The number of hydrogen-bond donors (Lipinski definition) is 1. The van der Waals surface area contributed by atoms with Crippen molar-refractivity contribution in [1.82, 2.24) is 20.4 Å². The maximum absolute atomic E-state index is 12.9. The van der Waals surface area contributed by atoms with Crippen LogP contribution in [0, 0.1) is 5.92 Å². The Kier molecular flexibility index (Phi) is 5.04. The van der Waals surface area contributed by atoms with Crippen LogP contribution in [-0.2, 0) is 20.9 Å². The van der Waals surface area contributed by atoms with Gasteiger partial charge in [0.1, 0.15) is 12.1 Å². The fourth-order valence-electron chi connectivity index (χ4n) is 3.97. The molecule has 0 radical (unpaired) electrons. The molecule has 9 nitrogen and oxygen atoms in total. The molecule has 29 heavy (non-hydrogen) atoms. The number of carbonyl (C=O) groups excluding carboxylic acids is 3. The summed E-state index contributed by atoms with van der Waals surface area (Å²) in [6, 6.07) is 8.65. The molecule has 2 atom stereocenters. The second-order valence-corrected chi connectivity index (χ2v) is 7.47. The van der Waals surface area contributed by atoms with Gasteiger partial charge in [-0.3, -0.25) is 14.5 Å². The third kappa shape index (κ3) is 3.59. The van der Waals surface area contributed by atoms with Gasteiger partial charge in [-0.05, 0) is 30.9 Å². The maximum atomic E-state index is 12.9. The Morgan fingerprint density at radius 2 is 2.07 bits per heavy atom. The van der Waals surface area contributed by atoms with E-state index in [1.54, 1.807) is 0 Å². The Morgan fingerprint density at radius 3 is 2.83 bits per heavy atom. The second kappa shape index (κ2) is 7.65. The highest BCUT2D eigenvalue weighted by molar-refractivity contribution is 6.08. The third-order valence-electron chi connectivity index (χ3n) is 5.63. The number of esters is 1. The lowest BCUT2D eigenvalue weighted by molar-refractivity contribution is -0.150. The smallest absolute Gasteiger partial charge is 0.326 e. The van der Waals surface area contributed by atoms with E-state index in [9.17, 15) is 14.4 Å². The molecule has 2 aromatic rings. The maximum Gasteiger partial charge on any atom is 0.326 e. The molecular formula is C20H22N4O5. The number of rotatable bonds is 5. The molecule has 2 aliphatic rings. The number of urea groups is 1. The van der Waals surface area contributed by atoms with Crippen LogP contribution in [0.25, 0.3) is 11.5 Å². The molecule has 0 unspecified atom stereocenters. The molecule has 1 N–H and O–H groups in total. The lowest BCUT2D eigenvalue weighted by Crippen LogP contribution is -2.54. The Hall–Kier alpha value is -3.23. The van der Waals surface area contributed by atoms with Crippen molar-refractivity contribution in [1.29, 1.82) is 0 Å². The van der Waals surface area contributed by atoms with Crippen molar-refractivity contribution < 1.29 is 23.5 Å². The summed E-state index contributed by atoms with van der Waals surface area (Å²) < 4.78 is 10.6. The number of carbonyl (C=O) groups is 3. The highest BCUT2D eigenvalue weighted by Gasteiger charge is 2.55. The van der Waals surface area contributed by atoms with Crippen molar-refractivity contribution >= 4 is 17.9 Å². The highest BCUT2D eigenvalue weighted by Crippen LogP contribution is 2.38. The van der Waals surface area contributed by atoms with Gasteiger partial charge in [0.05, 0.1) is 0 Å². The molecule has 9 heteroatoms. The fourth-order valence-corrected chi connectivity index (χ4v) is 3.97. The normalized spacial score (nSPS) is 24.0. The van der Waals surface area contributed by atoms with E-state index >= 15 is 0 Å².